The molecule has 2 rings (SSSR count). The second-order valence-electron chi connectivity index (χ2n) is 5.23. The van der Waals surface area contributed by atoms with Gasteiger partial charge in [0.25, 0.3) is 5.91 Å². The normalized spacial score (nSPS) is 12.4. The molecular formula is C15H19N3O3. The van der Waals surface area contributed by atoms with E-state index in [-0.39, 0.29) is 18.4 Å². The summed E-state index contributed by atoms with van der Waals surface area (Å²) in [6.45, 7) is 5.73. The van der Waals surface area contributed by atoms with Gasteiger partial charge in [-0.25, -0.2) is 0 Å². The van der Waals surface area contributed by atoms with Crippen LogP contribution in [0.5, 0.6) is 0 Å². The molecule has 1 heterocycles. The Labute approximate surface area is 123 Å². The van der Waals surface area contributed by atoms with Crippen LogP contribution in [0.4, 0.5) is 0 Å². The van der Waals surface area contributed by atoms with E-state index < -0.39 is 6.10 Å². The van der Waals surface area contributed by atoms with Gasteiger partial charge in [-0.3, -0.25) is 4.79 Å². The van der Waals surface area contributed by atoms with Crippen molar-refractivity contribution >= 4 is 5.91 Å². The minimum atomic E-state index is -0.560. The van der Waals surface area contributed by atoms with Crippen molar-refractivity contribution in [2.45, 2.75) is 26.9 Å². The third-order valence-corrected chi connectivity index (χ3v) is 3.14. The molecule has 0 radical (unpaired) electrons. The zero-order chi connectivity index (χ0) is 15.4. The highest BCUT2D eigenvalue weighted by molar-refractivity contribution is 5.95. The first kappa shape index (κ1) is 15.2. The van der Waals surface area contributed by atoms with E-state index in [0.717, 1.165) is 0 Å². The van der Waals surface area contributed by atoms with Gasteiger partial charge >= 0.3 is 0 Å². The first-order chi connectivity index (χ1) is 9.97. The van der Waals surface area contributed by atoms with Gasteiger partial charge in [0.05, 0.1) is 6.10 Å². The van der Waals surface area contributed by atoms with Crippen LogP contribution in [0.1, 0.15) is 30.1 Å². The third-order valence-electron chi connectivity index (χ3n) is 3.14. The predicted octanol–water partition coefficient (Wildman–Crippen LogP) is 1.79. The average Bonchev–Trinajstić information content (AvgIpc) is 2.91. The molecule has 2 N–H and O–H groups in total. The monoisotopic (exact) mass is 289 g/mol. The number of nitrogens with zero attached hydrogens (tertiary/aromatic N) is 2. The molecule has 6 nitrogen and oxygen atoms in total. The maximum Gasteiger partial charge on any atom is 0.251 e. The molecule has 0 bridgehead atoms. The number of rotatable bonds is 5. The molecule has 1 unspecified atom stereocenters. The van der Waals surface area contributed by atoms with Gasteiger partial charge in [0.2, 0.25) is 11.8 Å². The van der Waals surface area contributed by atoms with E-state index in [9.17, 15) is 9.90 Å². The summed E-state index contributed by atoms with van der Waals surface area (Å²) in [7, 11) is 0. The number of nitrogens with one attached hydrogen (secondary N) is 1. The average molecular weight is 289 g/mol. The number of hydrogen-bond acceptors (Lipinski definition) is 5. The maximum absolute atomic E-state index is 12.1. The Bertz CT molecular complexity index is 622. The van der Waals surface area contributed by atoms with Crippen LogP contribution in [-0.4, -0.2) is 33.9 Å². The summed E-state index contributed by atoms with van der Waals surface area (Å²) >= 11 is 0. The number of aliphatic hydroxyl groups excluding tert-OH is 1. The second-order valence-corrected chi connectivity index (χ2v) is 5.23. The van der Waals surface area contributed by atoms with Crippen LogP contribution >= 0.6 is 0 Å². The number of carbonyl (C=O) groups is 1. The lowest BCUT2D eigenvalue weighted by atomic mass is 10.1. The summed E-state index contributed by atoms with van der Waals surface area (Å²) in [6.07, 6.45) is -0.560. The van der Waals surface area contributed by atoms with Crippen molar-refractivity contribution in [2.24, 2.45) is 5.92 Å². The number of amides is 1. The fourth-order valence-electron chi connectivity index (χ4n) is 1.74. The van der Waals surface area contributed by atoms with Gasteiger partial charge in [0.1, 0.15) is 0 Å². The zero-order valence-electron chi connectivity index (χ0n) is 12.3. The van der Waals surface area contributed by atoms with E-state index in [1.807, 2.05) is 13.8 Å². The van der Waals surface area contributed by atoms with Crippen LogP contribution in [0.25, 0.3) is 11.5 Å². The minimum absolute atomic E-state index is 0.0954. The number of benzene rings is 1. The van der Waals surface area contributed by atoms with Crippen LogP contribution in [0.3, 0.4) is 0 Å². The maximum atomic E-state index is 12.1. The third kappa shape index (κ3) is 3.88. The molecular weight excluding hydrogens is 270 g/mol. The van der Waals surface area contributed by atoms with Crippen molar-refractivity contribution in [1.29, 1.82) is 0 Å². The lowest BCUT2D eigenvalue weighted by Gasteiger charge is -2.15. The van der Waals surface area contributed by atoms with Crippen molar-refractivity contribution in [3.63, 3.8) is 0 Å². The molecule has 0 saturated heterocycles. The number of aryl methyl sites for hydroxylation is 1. The molecule has 0 aliphatic rings. The standard InChI is InChI=1S/C15H19N3O3/c1-9(2)13(19)8-16-14(20)11-5-4-6-12(7-11)15-18-17-10(3)21-15/h4-7,9,13,19H,8H2,1-3H3,(H,16,20). The van der Waals surface area contributed by atoms with Gasteiger partial charge in [0.15, 0.2) is 0 Å². The van der Waals surface area contributed by atoms with Crippen LogP contribution in [0, 0.1) is 12.8 Å². The molecule has 0 spiro atoms. The fraction of sp³-hybridized carbons (Fsp3) is 0.400. The highest BCUT2D eigenvalue weighted by Crippen LogP contribution is 2.18. The minimum Gasteiger partial charge on any atom is -0.421 e. The van der Waals surface area contributed by atoms with Crippen molar-refractivity contribution in [3.8, 4) is 11.5 Å². The Morgan fingerprint density at radius 3 is 2.76 bits per heavy atom. The second kappa shape index (κ2) is 6.49. The number of aromatic nitrogens is 2. The van der Waals surface area contributed by atoms with Gasteiger partial charge in [0, 0.05) is 24.6 Å². The predicted molar refractivity (Wildman–Crippen MR) is 77.6 cm³/mol. The molecule has 1 aromatic carbocycles. The lowest BCUT2D eigenvalue weighted by molar-refractivity contribution is 0.0871. The topological polar surface area (TPSA) is 88.2 Å². The number of hydrogen-bond donors (Lipinski definition) is 2. The Kier molecular flexibility index (Phi) is 4.70. The van der Waals surface area contributed by atoms with E-state index in [1.54, 1.807) is 31.2 Å². The molecule has 2 aromatic rings. The van der Waals surface area contributed by atoms with Gasteiger partial charge in [-0.15, -0.1) is 10.2 Å². The SMILES string of the molecule is Cc1nnc(-c2cccc(C(=O)NCC(O)C(C)C)c2)o1. The van der Waals surface area contributed by atoms with Gasteiger partial charge in [-0.2, -0.15) is 0 Å². The van der Waals surface area contributed by atoms with Crippen molar-refractivity contribution in [1.82, 2.24) is 15.5 Å². The highest BCUT2D eigenvalue weighted by Gasteiger charge is 2.13. The van der Waals surface area contributed by atoms with Crippen molar-refractivity contribution in [2.75, 3.05) is 6.54 Å². The fourth-order valence-corrected chi connectivity index (χ4v) is 1.74. The van der Waals surface area contributed by atoms with Gasteiger partial charge < -0.3 is 14.8 Å². The molecule has 0 saturated carbocycles. The molecule has 6 heteroatoms. The van der Waals surface area contributed by atoms with Crippen LogP contribution < -0.4 is 5.32 Å². The zero-order valence-corrected chi connectivity index (χ0v) is 12.3. The summed E-state index contributed by atoms with van der Waals surface area (Å²) in [5.74, 6) is 0.704. The number of carbonyl (C=O) groups excluding carboxylic acids is 1. The summed E-state index contributed by atoms with van der Waals surface area (Å²) in [6, 6.07) is 6.93. The molecule has 1 aromatic heterocycles. The van der Waals surface area contributed by atoms with E-state index >= 15 is 0 Å². The van der Waals surface area contributed by atoms with Crippen molar-refractivity contribution in [3.05, 3.63) is 35.7 Å². The summed E-state index contributed by atoms with van der Waals surface area (Å²) < 4.78 is 5.34. The van der Waals surface area contributed by atoms with Gasteiger partial charge in [-0.05, 0) is 24.1 Å². The van der Waals surface area contributed by atoms with Gasteiger partial charge in [-0.1, -0.05) is 19.9 Å². The smallest absolute Gasteiger partial charge is 0.251 e. The quantitative estimate of drug-likeness (QED) is 0.876. The summed E-state index contributed by atoms with van der Waals surface area (Å²) in [4.78, 5) is 12.1. The summed E-state index contributed by atoms with van der Waals surface area (Å²) in [5.41, 5.74) is 1.17. The van der Waals surface area contributed by atoms with E-state index in [1.165, 1.54) is 0 Å². The molecule has 112 valence electrons. The first-order valence-electron chi connectivity index (χ1n) is 6.84. The molecule has 1 atom stereocenters. The Balaban J connectivity index is 2.08. The van der Waals surface area contributed by atoms with E-state index in [2.05, 4.69) is 15.5 Å². The van der Waals surface area contributed by atoms with Crippen LogP contribution in [0.15, 0.2) is 28.7 Å². The van der Waals surface area contributed by atoms with Crippen LogP contribution in [-0.2, 0) is 0 Å². The van der Waals surface area contributed by atoms with E-state index in [4.69, 9.17) is 4.42 Å². The summed E-state index contributed by atoms with van der Waals surface area (Å²) in [5, 5.41) is 20.1. The molecule has 1 amide bonds. The highest BCUT2D eigenvalue weighted by atomic mass is 16.4. The van der Waals surface area contributed by atoms with Crippen LogP contribution in [0.2, 0.25) is 0 Å². The largest absolute Gasteiger partial charge is 0.421 e. The molecule has 0 aliphatic carbocycles. The molecule has 0 fully saturated rings. The Morgan fingerprint density at radius 2 is 2.14 bits per heavy atom. The van der Waals surface area contributed by atoms with E-state index in [0.29, 0.717) is 22.9 Å². The Morgan fingerprint density at radius 1 is 1.38 bits per heavy atom. The molecule has 0 aliphatic heterocycles. The lowest BCUT2D eigenvalue weighted by Crippen LogP contribution is -2.34. The first-order valence-corrected chi connectivity index (χ1v) is 6.84. The molecule has 21 heavy (non-hydrogen) atoms. The Hall–Kier alpha value is -2.21. The van der Waals surface area contributed by atoms with Crippen molar-refractivity contribution < 1.29 is 14.3 Å². The number of aliphatic hydroxyl groups is 1.